The van der Waals surface area contributed by atoms with Crippen molar-refractivity contribution >= 4 is 0 Å². The lowest BCUT2D eigenvalue weighted by molar-refractivity contribution is 0.428. The molecule has 0 saturated heterocycles. The fraction of sp³-hybridized carbons (Fsp3) is 0. The SMILES string of the molecule is [c]1noc(-c2cccnc2)n1. The van der Waals surface area contributed by atoms with Crippen LogP contribution in [0.25, 0.3) is 11.5 Å². The Morgan fingerprint density at radius 1 is 1.45 bits per heavy atom. The lowest BCUT2D eigenvalue weighted by atomic mass is 10.3. The minimum atomic E-state index is 0.443. The van der Waals surface area contributed by atoms with Gasteiger partial charge in [0, 0.05) is 12.4 Å². The van der Waals surface area contributed by atoms with Gasteiger partial charge in [-0.2, -0.15) is 4.98 Å². The van der Waals surface area contributed by atoms with Crippen molar-refractivity contribution in [2.45, 2.75) is 0 Å². The molecular formula is C7H4N3O. The van der Waals surface area contributed by atoms with Crippen LogP contribution in [-0.4, -0.2) is 15.1 Å². The van der Waals surface area contributed by atoms with Crippen LogP contribution in [0.2, 0.25) is 0 Å². The summed E-state index contributed by atoms with van der Waals surface area (Å²) in [4.78, 5) is 7.64. The molecule has 0 bridgehead atoms. The third-order valence-corrected chi connectivity index (χ3v) is 1.23. The Morgan fingerprint density at radius 2 is 2.45 bits per heavy atom. The minimum Gasteiger partial charge on any atom is -0.333 e. The van der Waals surface area contributed by atoms with Crippen molar-refractivity contribution < 1.29 is 4.52 Å². The minimum absolute atomic E-state index is 0.443. The zero-order valence-electron chi connectivity index (χ0n) is 5.56. The molecule has 0 amide bonds. The molecule has 0 aliphatic rings. The molecule has 2 heterocycles. The van der Waals surface area contributed by atoms with Crippen molar-refractivity contribution in [2.75, 3.05) is 0 Å². The van der Waals surface area contributed by atoms with Crippen LogP contribution in [-0.2, 0) is 0 Å². The molecule has 53 valence electrons. The molecule has 11 heavy (non-hydrogen) atoms. The van der Waals surface area contributed by atoms with Gasteiger partial charge < -0.3 is 4.52 Å². The standard InChI is InChI=1S/C7H4N3O/c1-2-6(4-8-3-1)7-9-5-10-11-7/h1-4H. The summed E-state index contributed by atoms with van der Waals surface area (Å²) in [6.45, 7) is 0. The maximum absolute atomic E-state index is 4.76. The Kier molecular flexibility index (Phi) is 1.37. The van der Waals surface area contributed by atoms with E-state index in [4.69, 9.17) is 4.52 Å². The molecule has 0 spiro atoms. The Morgan fingerprint density at radius 3 is 3.09 bits per heavy atom. The highest BCUT2D eigenvalue weighted by Gasteiger charge is 2.01. The third kappa shape index (κ3) is 1.10. The first-order chi connectivity index (χ1) is 5.47. The average Bonchev–Trinajstić information content (AvgIpc) is 2.58. The predicted octanol–water partition coefficient (Wildman–Crippen LogP) is 0.932. The van der Waals surface area contributed by atoms with Gasteiger partial charge in [-0.1, -0.05) is 5.16 Å². The fourth-order valence-corrected chi connectivity index (χ4v) is 0.756. The van der Waals surface area contributed by atoms with E-state index < -0.39 is 0 Å². The van der Waals surface area contributed by atoms with Crippen LogP contribution in [0.4, 0.5) is 0 Å². The second-order valence-electron chi connectivity index (χ2n) is 1.94. The van der Waals surface area contributed by atoms with Crippen molar-refractivity contribution in [2.24, 2.45) is 0 Å². The van der Waals surface area contributed by atoms with Crippen LogP contribution in [0, 0.1) is 6.33 Å². The molecule has 0 unspecified atom stereocenters. The van der Waals surface area contributed by atoms with Crippen molar-refractivity contribution in [3.05, 3.63) is 30.9 Å². The van der Waals surface area contributed by atoms with Gasteiger partial charge in [0.15, 0.2) is 0 Å². The Balaban J connectivity index is 2.46. The molecule has 0 aliphatic carbocycles. The first-order valence-corrected chi connectivity index (χ1v) is 3.07. The summed E-state index contributed by atoms with van der Waals surface area (Å²) >= 11 is 0. The molecule has 2 aromatic rings. The van der Waals surface area contributed by atoms with Crippen LogP contribution in [0.1, 0.15) is 0 Å². The van der Waals surface area contributed by atoms with Crippen molar-refractivity contribution in [3.8, 4) is 11.5 Å². The number of nitrogens with zero attached hydrogens (tertiary/aromatic N) is 3. The molecular weight excluding hydrogens is 142 g/mol. The summed E-state index contributed by atoms with van der Waals surface area (Å²) in [5, 5.41) is 3.36. The monoisotopic (exact) mass is 146 g/mol. The van der Waals surface area contributed by atoms with E-state index in [1.807, 2.05) is 6.07 Å². The van der Waals surface area contributed by atoms with Crippen LogP contribution in [0.5, 0.6) is 0 Å². The maximum Gasteiger partial charge on any atom is 0.259 e. The number of hydrogen-bond acceptors (Lipinski definition) is 4. The summed E-state index contributed by atoms with van der Waals surface area (Å²) in [6.07, 6.45) is 5.67. The average molecular weight is 146 g/mol. The summed E-state index contributed by atoms with van der Waals surface area (Å²) in [5.41, 5.74) is 0.807. The quantitative estimate of drug-likeness (QED) is 0.600. The second-order valence-corrected chi connectivity index (χ2v) is 1.94. The molecule has 2 aromatic heterocycles. The molecule has 0 atom stereocenters. The van der Waals surface area contributed by atoms with E-state index >= 15 is 0 Å². The van der Waals surface area contributed by atoms with E-state index in [0.717, 1.165) is 5.56 Å². The van der Waals surface area contributed by atoms with E-state index in [2.05, 4.69) is 21.5 Å². The molecule has 4 heteroatoms. The van der Waals surface area contributed by atoms with E-state index in [1.165, 1.54) is 0 Å². The third-order valence-electron chi connectivity index (χ3n) is 1.23. The van der Waals surface area contributed by atoms with Gasteiger partial charge in [-0.3, -0.25) is 4.98 Å². The van der Waals surface area contributed by atoms with Gasteiger partial charge in [-0.15, -0.1) is 0 Å². The molecule has 2 rings (SSSR count). The van der Waals surface area contributed by atoms with E-state index in [0.29, 0.717) is 5.89 Å². The van der Waals surface area contributed by atoms with Crippen LogP contribution >= 0.6 is 0 Å². The normalized spacial score (nSPS) is 9.82. The number of rotatable bonds is 1. The van der Waals surface area contributed by atoms with Gasteiger partial charge >= 0.3 is 0 Å². The predicted molar refractivity (Wildman–Crippen MR) is 36.4 cm³/mol. The van der Waals surface area contributed by atoms with Gasteiger partial charge in [0.05, 0.1) is 5.56 Å². The first kappa shape index (κ1) is 6.03. The van der Waals surface area contributed by atoms with E-state index in [-0.39, 0.29) is 0 Å². The molecule has 0 saturated carbocycles. The topological polar surface area (TPSA) is 51.8 Å². The Bertz CT molecular complexity index is 317. The molecule has 4 nitrogen and oxygen atoms in total. The highest BCUT2D eigenvalue weighted by molar-refractivity contribution is 5.49. The van der Waals surface area contributed by atoms with Gasteiger partial charge in [0.25, 0.3) is 5.89 Å². The Hall–Kier alpha value is -1.71. The zero-order chi connectivity index (χ0) is 7.52. The Labute approximate surface area is 62.9 Å². The summed E-state index contributed by atoms with van der Waals surface area (Å²) in [5.74, 6) is 0.443. The van der Waals surface area contributed by atoms with Crippen LogP contribution < -0.4 is 0 Å². The summed E-state index contributed by atoms with van der Waals surface area (Å²) < 4.78 is 4.76. The lowest BCUT2D eigenvalue weighted by Gasteiger charge is -1.88. The number of pyridine rings is 1. The van der Waals surface area contributed by atoms with Crippen molar-refractivity contribution in [1.82, 2.24) is 15.1 Å². The van der Waals surface area contributed by atoms with Gasteiger partial charge in [-0.25, -0.2) is 0 Å². The lowest BCUT2D eigenvalue weighted by Crippen LogP contribution is -1.76. The number of aromatic nitrogens is 3. The van der Waals surface area contributed by atoms with E-state index in [1.54, 1.807) is 18.5 Å². The van der Waals surface area contributed by atoms with Crippen molar-refractivity contribution in [1.29, 1.82) is 0 Å². The van der Waals surface area contributed by atoms with Crippen molar-refractivity contribution in [3.63, 3.8) is 0 Å². The smallest absolute Gasteiger partial charge is 0.259 e. The highest BCUT2D eigenvalue weighted by Crippen LogP contribution is 2.12. The molecule has 0 N–H and O–H groups in total. The van der Waals surface area contributed by atoms with E-state index in [9.17, 15) is 0 Å². The number of hydrogen-bond donors (Lipinski definition) is 0. The van der Waals surface area contributed by atoms with Crippen LogP contribution in [0.3, 0.4) is 0 Å². The summed E-state index contributed by atoms with van der Waals surface area (Å²) in [7, 11) is 0. The molecule has 1 radical (unpaired) electrons. The zero-order valence-corrected chi connectivity index (χ0v) is 5.56. The first-order valence-electron chi connectivity index (χ1n) is 3.07. The highest BCUT2D eigenvalue weighted by atomic mass is 16.5. The maximum atomic E-state index is 4.76. The molecule has 0 fully saturated rings. The van der Waals surface area contributed by atoms with Gasteiger partial charge in [0.2, 0.25) is 6.33 Å². The largest absolute Gasteiger partial charge is 0.333 e. The summed E-state index contributed by atoms with van der Waals surface area (Å²) in [6, 6.07) is 3.65. The van der Waals surface area contributed by atoms with Gasteiger partial charge in [-0.05, 0) is 12.1 Å². The molecule has 0 aliphatic heterocycles. The molecule has 0 aromatic carbocycles. The van der Waals surface area contributed by atoms with Gasteiger partial charge in [0.1, 0.15) is 0 Å². The second kappa shape index (κ2) is 2.49. The van der Waals surface area contributed by atoms with Crippen LogP contribution in [0.15, 0.2) is 29.0 Å². The fourth-order valence-electron chi connectivity index (χ4n) is 0.756.